The van der Waals surface area contributed by atoms with Crippen molar-refractivity contribution in [2.24, 2.45) is 5.92 Å². The predicted molar refractivity (Wildman–Crippen MR) is 101 cm³/mol. The van der Waals surface area contributed by atoms with E-state index in [9.17, 15) is 14.4 Å². The molecule has 0 radical (unpaired) electrons. The van der Waals surface area contributed by atoms with E-state index in [1.54, 1.807) is 6.92 Å². The molecule has 1 heterocycles. The monoisotopic (exact) mass is 369 g/mol. The Morgan fingerprint density at radius 3 is 2.69 bits per heavy atom. The van der Waals surface area contributed by atoms with Crippen LogP contribution in [0.25, 0.3) is 0 Å². The Bertz CT molecular complexity index is 456. The van der Waals surface area contributed by atoms with Gasteiger partial charge in [0.15, 0.2) is 0 Å². The van der Waals surface area contributed by atoms with Gasteiger partial charge in [-0.05, 0) is 32.1 Å². The average Bonchev–Trinajstić information content (AvgIpc) is 2.83. The molecular weight excluding hydrogens is 334 g/mol. The SMILES string of the molecule is CCOC(=O)[C@@H](NCC(=O)NCCCN1CCCCCC1=O)[C@@H](C)CC. The summed E-state index contributed by atoms with van der Waals surface area (Å²) in [4.78, 5) is 37.8. The minimum atomic E-state index is -0.472. The second kappa shape index (κ2) is 12.7. The van der Waals surface area contributed by atoms with Gasteiger partial charge in [0, 0.05) is 26.1 Å². The maximum absolute atomic E-state index is 12.0. The zero-order valence-corrected chi connectivity index (χ0v) is 16.5. The third-order valence-corrected chi connectivity index (χ3v) is 4.83. The van der Waals surface area contributed by atoms with Crippen LogP contribution >= 0.6 is 0 Å². The number of rotatable bonds is 11. The Hall–Kier alpha value is -1.63. The van der Waals surface area contributed by atoms with Crippen molar-refractivity contribution in [2.45, 2.75) is 65.3 Å². The van der Waals surface area contributed by atoms with Crippen LogP contribution in [0.4, 0.5) is 0 Å². The molecule has 0 bridgehead atoms. The van der Waals surface area contributed by atoms with Gasteiger partial charge in [0.1, 0.15) is 6.04 Å². The van der Waals surface area contributed by atoms with Crippen molar-refractivity contribution >= 4 is 17.8 Å². The molecule has 2 atom stereocenters. The van der Waals surface area contributed by atoms with E-state index in [1.165, 1.54) is 0 Å². The maximum Gasteiger partial charge on any atom is 0.323 e. The van der Waals surface area contributed by atoms with Crippen molar-refractivity contribution in [1.82, 2.24) is 15.5 Å². The van der Waals surface area contributed by atoms with Crippen molar-refractivity contribution in [3.05, 3.63) is 0 Å². The highest BCUT2D eigenvalue weighted by molar-refractivity contribution is 5.80. The standard InChI is InChI=1S/C19H35N3O4/c1-4-15(3)18(19(25)26-5-2)21-14-16(23)20-11-9-13-22-12-8-6-7-10-17(22)24/h15,18,21H,4-14H2,1-3H3,(H,20,23)/t15-,18-/m0/s1. The summed E-state index contributed by atoms with van der Waals surface area (Å²) in [6.07, 6.45) is 5.36. The molecule has 2 N–H and O–H groups in total. The predicted octanol–water partition coefficient (Wildman–Crippen LogP) is 1.46. The number of amides is 2. The first-order valence-electron chi connectivity index (χ1n) is 9.94. The first kappa shape index (κ1) is 22.4. The molecule has 1 fully saturated rings. The second-order valence-corrected chi connectivity index (χ2v) is 6.89. The largest absolute Gasteiger partial charge is 0.465 e. The lowest BCUT2D eigenvalue weighted by Gasteiger charge is -2.22. The van der Waals surface area contributed by atoms with Gasteiger partial charge < -0.3 is 15.0 Å². The summed E-state index contributed by atoms with van der Waals surface area (Å²) < 4.78 is 5.07. The van der Waals surface area contributed by atoms with Gasteiger partial charge in [0.2, 0.25) is 11.8 Å². The van der Waals surface area contributed by atoms with E-state index in [1.807, 2.05) is 18.7 Å². The van der Waals surface area contributed by atoms with E-state index in [0.717, 1.165) is 38.6 Å². The first-order valence-corrected chi connectivity index (χ1v) is 9.94. The molecule has 0 aromatic heterocycles. The van der Waals surface area contributed by atoms with Crippen LogP contribution in [0.3, 0.4) is 0 Å². The van der Waals surface area contributed by atoms with Crippen LogP contribution in [0.5, 0.6) is 0 Å². The summed E-state index contributed by atoms with van der Waals surface area (Å²) in [5.74, 6) is -0.142. The number of nitrogens with one attached hydrogen (secondary N) is 2. The summed E-state index contributed by atoms with van der Waals surface area (Å²) in [5, 5.41) is 5.85. The third kappa shape index (κ3) is 8.17. The Morgan fingerprint density at radius 1 is 1.23 bits per heavy atom. The van der Waals surface area contributed by atoms with Gasteiger partial charge in [0.25, 0.3) is 0 Å². The van der Waals surface area contributed by atoms with Crippen LogP contribution in [-0.4, -0.2) is 61.5 Å². The highest BCUT2D eigenvalue weighted by Gasteiger charge is 2.25. The van der Waals surface area contributed by atoms with Crippen molar-refractivity contribution < 1.29 is 19.1 Å². The quantitative estimate of drug-likeness (QED) is 0.425. The van der Waals surface area contributed by atoms with E-state index >= 15 is 0 Å². The molecule has 1 aliphatic heterocycles. The number of ether oxygens (including phenoxy) is 1. The van der Waals surface area contributed by atoms with Gasteiger partial charge in [-0.25, -0.2) is 0 Å². The van der Waals surface area contributed by atoms with Crippen LogP contribution in [0.15, 0.2) is 0 Å². The number of carbonyl (C=O) groups excluding carboxylic acids is 3. The minimum absolute atomic E-state index is 0.0798. The molecule has 2 amide bonds. The number of hydrogen-bond acceptors (Lipinski definition) is 5. The topological polar surface area (TPSA) is 87.7 Å². The van der Waals surface area contributed by atoms with E-state index in [0.29, 0.717) is 26.1 Å². The molecule has 1 rings (SSSR count). The Kier molecular flexibility index (Phi) is 10.9. The molecule has 7 heteroatoms. The molecule has 0 spiro atoms. The fraction of sp³-hybridized carbons (Fsp3) is 0.842. The smallest absolute Gasteiger partial charge is 0.323 e. The molecule has 0 aromatic rings. The summed E-state index contributed by atoms with van der Waals surface area (Å²) in [7, 11) is 0. The summed E-state index contributed by atoms with van der Waals surface area (Å²) in [5.41, 5.74) is 0. The zero-order valence-electron chi connectivity index (χ0n) is 16.5. The number of likely N-dealkylation sites (tertiary alicyclic amines) is 1. The minimum Gasteiger partial charge on any atom is -0.465 e. The summed E-state index contributed by atoms with van der Waals surface area (Å²) >= 11 is 0. The summed E-state index contributed by atoms with van der Waals surface area (Å²) in [6, 6.07) is -0.472. The Balaban J connectivity index is 2.27. The molecule has 1 aliphatic rings. The van der Waals surface area contributed by atoms with Gasteiger partial charge >= 0.3 is 5.97 Å². The van der Waals surface area contributed by atoms with E-state index in [2.05, 4.69) is 10.6 Å². The normalized spacial score (nSPS) is 17.3. The van der Waals surface area contributed by atoms with Gasteiger partial charge in [-0.2, -0.15) is 0 Å². The molecule has 26 heavy (non-hydrogen) atoms. The van der Waals surface area contributed by atoms with Crippen LogP contribution in [0, 0.1) is 5.92 Å². The highest BCUT2D eigenvalue weighted by Crippen LogP contribution is 2.11. The first-order chi connectivity index (χ1) is 12.5. The van der Waals surface area contributed by atoms with Gasteiger partial charge in [-0.15, -0.1) is 0 Å². The van der Waals surface area contributed by atoms with Crippen molar-refractivity contribution in [3.8, 4) is 0 Å². The van der Waals surface area contributed by atoms with Crippen LogP contribution < -0.4 is 10.6 Å². The third-order valence-electron chi connectivity index (χ3n) is 4.83. The van der Waals surface area contributed by atoms with E-state index in [4.69, 9.17) is 4.74 Å². The molecule has 0 aromatic carbocycles. The number of carbonyl (C=O) groups is 3. The van der Waals surface area contributed by atoms with Crippen LogP contribution in [-0.2, 0) is 19.1 Å². The van der Waals surface area contributed by atoms with Gasteiger partial charge in [-0.3, -0.25) is 19.7 Å². The molecule has 0 unspecified atom stereocenters. The van der Waals surface area contributed by atoms with E-state index < -0.39 is 6.04 Å². The maximum atomic E-state index is 12.0. The molecule has 0 saturated carbocycles. The van der Waals surface area contributed by atoms with Crippen molar-refractivity contribution in [3.63, 3.8) is 0 Å². The fourth-order valence-electron chi connectivity index (χ4n) is 3.02. The zero-order chi connectivity index (χ0) is 19.4. The lowest BCUT2D eigenvalue weighted by molar-refractivity contribution is -0.147. The van der Waals surface area contributed by atoms with Crippen LogP contribution in [0.1, 0.15) is 59.3 Å². The molecule has 0 aliphatic carbocycles. The number of esters is 1. The second-order valence-electron chi connectivity index (χ2n) is 6.89. The lowest BCUT2D eigenvalue weighted by atomic mass is 9.99. The number of nitrogens with zero attached hydrogens (tertiary/aromatic N) is 1. The lowest BCUT2D eigenvalue weighted by Crippen LogP contribution is -2.47. The van der Waals surface area contributed by atoms with Crippen LogP contribution in [0.2, 0.25) is 0 Å². The van der Waals surface area contributed by atoms with Gasteiger partial charge in [-0.1, -0.05) is 26.7 Å². The van der Waals surface area contributed by atoms with Crippen molar-refractivity contribution in [1.29, 1.82) is 0 Å². The Labute approximate surface area is 157 Å². The molecule has 7 nitrogen and oxygen atoms in total. The number of hydrogen-bond donors (Lipinski definition) is 2. The summed E-state index contributed by atoms with van der Waals surface area (Å²) in [6.45, 7) is 8.18. The molecular formula is C19H35N3O4. The Morgan fingerprint density at radius 2 is 2.00 bits per heavy atom. The van der Waals surface area contributed by atoms with E-state index in [-0.39, 0.29) is 30.2 Å². The fourth-order valence-corrected chi connectivity index (χ4v) is 3.02. The average molecular weight is 370 g/mol. The van der Waals surface area contributed by atoms with Crippen molar-refractivity contribution in [2.75, 3.05) is 32.8 Å². The van der Waals surface area contributed by atoms with Gasteiger partial charge in [0.05, 0.1) is 13.2 Å². The molecule has 150 valence electrons. The molecule has 1 saturated heterocycles. The highest BCUT2D eigenvalue weighted by atomic mass is 16.5.